The van der Waals surface area contributed by atoms with Gasteiger partial charge in [0, 0.05) is 18.5 Å². The number of carbonyl (C=O) groups excluding carboxylic acids is 1. The summed E-state index contributed by atoms with van der Waals surface area (Å²) in [4.78, 5) is 15.9. The molecule has 1 aromatic rings. The van der Waals surface area contributed by atoms with Crippen molar-refractivity contribution in [1.82, 2.24) is 10.3 Å². The quantitative estimate of drug-likeness (QED) is 0.757. The lowest BCUT2D eigenvalue weighted by molar-refractivity contribution is -0.120. The van der Waals surface area contributed by atoms with Crippen molar-refractivity contribution in [3.63, 3.8) is 0 Å². The second-order valence-electron chi connectivity index (χ2n) is 5.15. The first kappa shape index (κ1) is 14.3. The Morgan fingerprint density at radius 2 is 2.21 bits per heavy atom. The minimum Gasteiger partial charge on any atom is -0.396 e. The van der Waals surface area contributed by atoms with Crippen LogP contribution in [0.5, 0.6) is 0 Å². The highest BCUT2D eigenvalue weighted by Gasteiger charge is 2.24. The molecule has 1 saturated carbocycles. The maximum atomic E-state index is 11.8. The van der Waals surface area contributed by atoms with Gasteiger partial charge in [-0.3, -0.25) is 4.79 Å². The summed E-state index contributed by atoms with van der Waals surface area (Å²) >= 11 is 1.35. The van der Waals surface area contributed by atoms with Crippen LogP contribution < -0.4 is 11.1 Å². The Balaban J connectivity index is 1.76. The van der Waals surface area contributed by atoms with E-state index < -0.39 is 0 Å². The molecule has 106 valence electrons. The highest BCUT2D eigenvalue weighted by Crippen LogP contribution is 2.29. The number of aliphatic hydroxyl groups is 1. The molecule has 5 nitrogen and oxygen atoms in total. The maximum absolute atomic E-state index is 11.8. The Bertz CT molecular complexity index is 422. The third kappa shape index (κ3) is 4.18. The van der Waals surface area contributed by atoms with E-state index in [1.807, 2.05) is 5.38 Å². The fourth-order valence-corrected chi connectivity index (χ4v) is 3.23. The molecular formula is C13H21N3O2S. The molecule has 4 N–H and O–H groups in total. The van der Waals surface area contributed by atoms with Gasteiger partial charge in [-0.2, -0.15) is 0 Å². The number of nitrogens with zero attached hydrogens (tertiary/aromatic N) is 1. The number of carbonyl (C=O) groups is 1. The van der Waals surface area contributed by atoms with Gasteiger partial charge in [0.05, 0.1) is 12.1 Å². The fraction of sp³-hybridized carbons (Fsp3) is 0.692. The third-order valence-electron chi connectivity index (χ3n) is 3.77. The first-order valence-corrected chi connectivity index (χ1v) is 7.64. The van der Waals surface area contributed by atoms with Gasteiger partial charge in [-0.25, -0.2) is 4.98 Å². The van der Waals surface area contributed by atoms with E-state index in [4.69, 9.17) is 5.73 Å². The van der Waals surface area contributed by atoms with Crippen LogP contribution in [0.3, 0.4) is 0 Å². The number of hydrogen-bond donors (Lipinski definition) is 3. The molecule has 1 amide bonds. The highest BCUT2D eigenvalue weighted by molar-refractivity contribution is 7.13. The first-order valence-electron chi connectivity index (χ1n) is 6.76. The molecule has 6 heteroatoms. The van der Waals surface area contributed by atoms with Crippen LogP contribution in [0.15, 0.2) is 5.38 Å². The highest BCUT2D eigenvalue weighted by atomic mass is 32.1. The van der Waals surface area contributed by atoms with E-state index >= 15 is 0 Å². The van der Waals surface area contributed by atoms with Crippen molar-refractivity contribution in [2.75, 3.05) is 18.9 Å². The number of anilines is 1. The molecule has 1 aliphatic carbocycles. The van der Waals surface area contributed by atoms with E-state index in [-0.39, 0.29) is 18.9 Å². The van der Waals surface area contributed by atoms with Gasteiger partial charge in [-0.1, -0.05) is 12.8 Å². The second kappa shape index (κ2) is 6.86. The van der Waals surface area contributed by atoms with Gasteiger partial charge in [0.2, 0.25) is 5.91 Å². The maximum Gasteiger partial charge on any atom is 0.226 e. The van der Waals surface area contributed by atoms with E-state index in [1.54, 1.807) is 0 Å². The number of rotatable bonds is 5. The van der Waals surface area contributed by atoms with E-state index in [0.29, 0.717) is 23.5 Å². The normalized spacial score (nSPS) is 23.2. The molecule has 0 bridgehead atoms. The number of amides is 1. The smallest absolute Gasteiger partial charge is 0.226 e. The van der Waals surface area contributed by atoms with Crippen LogP contribution >= 0.6 is 11.3 Å². The molecule has 1 heterocycles. The SMILES string of the molecule is Nc1nc(CC(=O)NCC2CCCCC2CO)cs1. The Morgan fingerprint density at radius 1 is 1.47 bits per heavy atom. The second-order valence-corrected chi connectivity index (χ2v) is 6.03. The summed E-state index contributed by atoms with van der Waals surface area (Å²) < 4.78 is 0. The third-order valence-corrected chi connectivity index (χ3v) is 4.50. The molecule has 2 rings (SSSR count). The fourth-order valence-electron chi connectivity index (χ4n) is 2.67. The number of aromatic nitrogens is 1. The van der Waals surface area contributed by atoms with Crippen molar-refractivity contribution in [2.24, 2.45) is 11.8 Å². The Hall–Kier alpha value is -1.14. The molecule has 1 aliphatic rings. The topological polar surface area (TPSA) is 88.2 Å². The molecular weight excluding hydrogens is 262 g/mol. The Morgan fingerprint density at radius 3 is 2.84 bits per heavy atom. The van der Waals surface area contributed by atoms with Crippen molar-refractivity contribution >= 4 is 22.4 Å². The van der Waals surface area contributed by atoms with Gasteiger partial charge in [0.1, 0.15) is 0 Å². The van der Waals surface area contributed by atoms with Gasteiger partial charge in [0.15, 0.2) is 5.13 Å². The van der Waals surface area contributed by atoms with E-state index in [0.717, 1.165) is 18.5 Å². The summed E-state index contributed by atoms with van der Waals surface area (Å²) in [6.07, 6.45) is 4.83. The predicted molar refractivity (Wildman–Crippen MR) is 75.8 cm³/mol. The lowest BCUT2D eigenvalue weighted by Gasteiger charge is -2.30. The average molecular weight is 283 g/mol. The first-order chi connectivity index (χ1) is 9.19. The Labute approximate surface area is 117 Å². The number of nitrogens with one attached hydrogen (secondary N) is 1. The number of nitrogen functional groups attached to an aromatic ring is 1. The van der Waals surface area contributed by atoms with Gasteiger partial charge in [0.25, 0.3) is 0 Å². The summed E-state index contributed by atoms with van der Waals surface area (Å²) in [5, 5.41) is 14.6. The molecule has 0 aromatic carbocycles. The standard InChI is InChI=1S/C13H21N3O2S/c14-13-16-11(8-19-13)5-12(18)15-6-9-3-1-2-4-10(9)7-17/h8-10,17H,1-7H2,(H2,14,16)(H,15,18). The summed E-state index contributed by atoms with van der Waals surface area (Å²) in [5.74, 6) is 0.722. The molecule has 0 radical (unpaired) electrons. The van der Waals surface area contributed by atoms with Crippen molar-refractivity contribution in [3.8, 4) is 0 Å². The van der Waals surface area contributed by atoms with Gasteiger partial charge in [-0.15, -0.1) is 11.3 Å². The van der Waals surface area contributed by atoms with Crippen LogP contribution in [0.25, 0.3) is 0 Å². The lowest BCUT2D eigenvalue weighted by atomic mass is 9.79. The largest absolute Gasteiger partial charge is 0.396 e. The summed E-state index contributed by atoms with van der Waals surface area (Å²) in [7, 11) is 0. The molecule has 1 fully saturated rings. The van der Waals surface area contributed by atoms with Crippen LogP contribution in [-0.2, 0) is 11.2 Å². The van der Waals surface area contributed by atoms with Gasteiger partial charge < -0.3 is 16.2 Å². The molecule has 2 unspecified atom stereocenters. The predicted octanol–water partition coefficient (Wildman–Crippen LogP) is 1.18. The monoisotopic (exact) mass is 283 g/mol. The number of hydrogen-bond acceptors (Lipinski definition) is 5. The van der Waals surface area contributed by atoms with E-state index in [9.17, 15) is 9.90 Å². The number of thiazole rings is 1. The molecule has 2 atom stereocenters. The lowest BCUT2D eigenvalue weighted by Crippen LogP contribution is -2.36. The minimum absolute atomic E-state index is 0.0208. The zero-order chi connectivity index (χ0) is 13.7. The number of aliphatic hydroxyl groups excluding tert-OH is 1. The number of nitrogens with two attached hydrogens (primary N) is 1. The summed E-state index contributed by atoms with van der Waals surface area (Å²) in [6, 6.07) is 0. The Kier molecular flexibility index (Phi) is 5.15. The van der Waals surface area contributed by atoms with Crippen LogP contribution in [0.2, 0.25) is 0 Å². The van der Waals surface area contributed by atoms with Crippen molar-refractivity contribution < 1.29 is 9.90 Å². The van der Waals surface area contributed by atoms with Gasteiger partial charge in [-0.05, 0) is 24.7 Å². The van der Waals surface area contributed by atoms with E-state index in [2.05, 4.69) is 10.3 Å². The molecule has 0 spiro atoms. The molecule has 1 aromatic heterocycles. The summed E-state index contributed by atoms with van der Waals surface area (Å²) in [5.41, 5.74) is 6.25. The van der Waals surface area contributed by atoms with Crippen LogP contribution in [0.4, 0.5) is 5.13 Å². The summed E-state index contributed by atoms with van der Waals surface area (Å²) in [6.45, 7) is 0.882. The van der Waals surface area contributed by atoms with Crippen molar-refractivity contribution in [1.29, 1.82) is 0 Å². The molecule has 0 saturated heterocycles. The van der Waals surface area contributed by atoms with Crippen LogP contribution in [0, 0.1) is 11.8 Å². The minimum atomic E-state index is -0.0208. The van der Waals surface area contributed by atoms with E-state index in [1.165, 1.54) is 24.2 Å². The molecule has 19 heavy (non-hydrogen) atoms. The average Bonchev–Trinajstić information content (AvgIpc) is 2.82. The van der Waals surface area contributed by atoms with Crippen molar-refractivity contribution in [3.05, 3.63) is 11.1 Å². The zero-order valence-electron chi connectivity index (χ0n) is 11.0. The van der Waals surface area contributed by atoms with Crippen LogP contribution in [0.1, 0.15) is 31.4 Å². The van der Waals surface area contributed by atoms with Gasteiger partial charge >= 0.3 is 0 Å². The van der Waals surface area contributed by atoms with Crippen molar-refractivity contribution in [2.45, 2.75) is 32.1 Å². The molecule has 0 aliphatic heterocycles. The zero-order valence-corrected chi connectivity index (χ0v) is 11.8. The van der Waals surface area contributed by atoms with Crippen LogP contribution in [-0.4, -0.2) is 29.1 Å².